The molecule has 10 aromatic carbocycles. The predicted molar refractivity (Wildman–Crippen MR) is 319 cm³/mol. The van der Waals surface area contributed by atoms with Gasteiger partial charge in [0.1, 0.15) is 11.5 Å². The molecule has 0 aliphatic carbocycles. The number of anilines is 3. The monoisotopic (exact) mass is 961 g/mol. The van der Waals surface area contributed by atoms with Gasteiger partial charge in [-0.25, -0.2) is 0 Å². The molecule has 4 aliphatic heterocycles. The number of hydrogen-bond acceptors (Lipinski definition) is 2. The summed E-state index contributed by atoms with van der Waals surface area (Å²) in [4.78, 5) is 2.56. The number of fused-ring (bicyclic) bond motifs is 14. The SMILES string of the molecule is Cc1ccc(N2c3cc4c(cc3B3c5c2cc(-c2ccc(C)cc2C)cc5-n2c5ccc(C)cc5c5cc(C)cc3c52)B2c3c(cc(-c5ccc(C)cc5C)cc3-n3c5ccc(C)cc5c5cc(C)cc2c53)O4)cc1. The lowest BCUT2D eigenvalue weighted by Crippen LogP contribution is -2.63. The molecule has 0 unspecified atom stereocenters. The van der Waals surface area contributed by atoms with Crippen LogP contribution in [-0.4, -0.2) is 22.6 Å². The Morgan fingerprint density at radius 1 is 0.333 bits per heavy atom. The van der Waals surface area contributed by atoms with Gasteiger partial charge in [-0.05, 0) is 201 Å². The molecule has 6 heteroatoms. The summed E-state index contributed by atoms with van der Waals surface area (Å²) in [6.07, 6.45) is 0. The number of rotatable bonds is 3. The molecule has 12 aromatic rings. The molecule has 16 rings (SSSR count). The van der Waals surface area contributed by atoms with Crippen LogP contribution in [0.15, 0.2) is 158 Å². The standard InChI is InChI=1S/C69H53B2N3O/c1-36-10-16-47(17-11-36)72-60-35-64-55(71-57-29-42(7)27-53-51-25-40(5)15-21-59(51)74(69(53)57)63-32-46(33-65(75-64)67(63)71)49-19-13-38(3)23-44(49)9)34-54(60)70-56-28-41(6)26-52-50-24-39(4)14-20-58(50)73(68(52)56)62-31-45(30-61(72)66(62)70)48-18-12-37(2)22-43(48)8/h10-35H,1-9H3. The summed E-state index contributed by atoms with van der Waals surface area (Å²) in [5.41, 5.74) is 35.0. The molecule has 0 amide bonds. The van der Waals surface area contributed by atoms with Crippen molar-refractivity contribution in [2.45, 2.75) is 62.3 Å². The number of benzene rings is 10. The molecule has 0 bridgehead atoms. The van der Waals surface area contributed by atoms with Gasteiger partial charge in [0.15, 0.2) is 0 Å². The maximum absolute atomic E-state index is 7.62. The van der Waals surface area contributed by atoms with Gasteiger partial charge in [0, 0.05) is 67.1 Å². The maximum Gasteiger partial charge on any atom is 0.256 e. The lowest BCUT2D eigenvalue weighted by molar-refractivity contribution is 0.487. The van der Waals surface area contributed by atoms with Gasteiger partial charge < -0.3 is 18.8 Å². The molecular formula is C69H53B2N3O. The quantitative estimate of drug-likeness (QED) is 0.165. The van der Waals surface area contributed by atoms with E-state index in [4.69, 9.17) is 4.74 Å². The van der Waals surface area contributed by atoms with E-state index >= 15 is 0 Å². The summed E-state index contributed by atoms with van der Waals surface area (Å²) >= 11 is 0. The molecule has 0 radical (unpaired) electrons. The topological polar surface area (TPSA) is 22.3 Å². The Bertz CT molecular complexity index is 4630. The van der Waals surface area contributed by atoms with Crippen molar-refractivity contribution < 1.29 is 4.74 Å². The molecular weight excluding hydrogens is 908 g/mol. The van der Waals surface area contributed by atoms with Crippen molar-refractivity contribution in [2.75, 3.05) is 4.90 Å². The average Bonchev–Trinajstić information content (AvgIpc) is 3.95. The second kappa shape index (κ2) is 14.9. The highest BCUT2D eigenvalue weighted by Gasteiger charge is 2.47. The Hall–Kier alpha value is -8.47. The molecule has 4 aliphatic rings. The van der Waals surface area contributed by atoms with E-state index in [1.54, 1.807) is 0 Å². The van der Waals surface area contributed by atoms with Crippen molar-refractivity contribution in [1.29, 1.82) is 0 Å². The normalized spacial score (nSPS) is 13.4. The number of hydrogen-bond donors (Lipinski definition) is 0. The van der Waals surface area contributed by atoms with Crippen LogP contribution in [0.3, 0.4) is 0 Å². The van der Waals surface area contributed by atoms with Gasteiger partial charge in [0.05, 0.1) is 11.0 Å². The molecule has 0 saturated carbocycles. The molecule has 0 saturated heterocycles. The van der Waals surface area contributed by atoms with Crippen LogP contribution in [0.5, 0.6) is 11.5 Å². The highest BCUT2D eigenvalue weighted by molar-refractivity contribution is 7.02. The Morgan fingerprint density at radius 3 is 1.39 bits per heavy atom. The molecule has 4 nitrogen and oxygen atoms in total. The van der Waals surface area contributed by atoms with Crippen LogP contribution in [0.2, 0.25) is 0 Å². The smallest absolute Gasteiger partial charge is 0.256 e. The van der Waals surface area contributed by atoms with E-state index in [2.05, 4.69) is 234 Å². The van der Waals surface area contributed by atoms with Crippen LogP contribution in [0.1, 0.15) is 50.1 Å². The second-order valence-corrected chi connectivity index (χ2v) is 22.8. The van der Waals surface area contributed by atoms with E-state index in [0.29, 0.717) is 0 Å². The van der Waals surface area contributed by atoms with E-state index in [1.165, 1.54) is 160 Å². The van der Waals surface area contributed by atoms with Crippen LogP contribution < -0.4 is 42.4 Å². The zero-order chi connectivity index (χ0) is 50.6. The minimum atomic E-state index is -0.0753. The van der Waals surface area contributed by atoms with Crippen LogP contribution in [0, 0.1) is 62.3 Å². The van der Waals surface area contributed by atoms with E-state index < -0.39 is 0 Å². The third-order valence-electron chi connectivity index (χ3n) is 17.5. The Kier molecular flexibility index (Phi) is 8.51. The first-order valence-corrected chi connectivity index (χ1v) is 26.7. The largest absolute Gasteiger partial charge is 0.458 e. The van der Waals surface area contributed by atoms with Crippen LogP contribution in [0.4, 0.5) is 17.1 Å². The molecule has 356 valence electrons. The van der Waals surface area contributed by atoms with Gasteiger partial charge in [-0.1, -0.05) is 118 Å². The third kappa shape index (κ3) is 5.80. The minimum absolute atomic E-state index is 0.0613. The van der Waals surface area contributed by atoms with Crippen LogP contribution in [0.25, 0.3) is 77.2 Å². The summed E-state index contributed by atoms with van der Waals surface area (Å²) in [7, 11) is 0. The molecule has 6 heterocycles. The lowest BCUT2D eigenvalue weighted by Gasteiger charge is -2.42. The summed E-state index contributed by atoms with van der Waals surface area (Å²) in [5, 5.41) is 5.21. The van der Waals surface area contributed by atoms with Gasteiger partial charge in [-0.2, -0.15) is 0 Å². The first kappa shape index (κ1) is 43.0. The highest BCUT2D eigenvalue weighted by Crippen LogP contribution is 2.47. The Morgan fingerprint density at radius 2 is 0.813 bits per heavy atom. The molecule has 0 atom stereocenters. The highest BCUT2D eigenvalue weighted by atomic mass is 16.5. The predicted octanol–water partition coefficient (Wildman–Crippen LogP) is 13.5. The maximum atomic E-state index is 7.62. The van der Waals surface area contributed by atoms with Crippen molar-refractivity contribution in [3.05, 3.63) is 208 Å². The van der Waals surface area contributed by atoms with Crippen molar-refractivity contribution in [1.82, 2.24) is 9.13 Å². The van der Waals surface area contributed by atoms with E-state index in [0.717, 1.165) is 28.4 Å². The van der Waals surface area contributed by atoms with Crippen molar-refractivity contribution in [3.63, 3.8) is 0 Å². The molecule has 0 N–H and O–H groups in total. The van der Waals surface area contributed by atoms with E-state index in [1.807, 2.05) is 0 Å². The summed E-state index contributed by atoms with van der Waals surface area (Å²) in [6, 6.07) is 61.5. The van der Waals surface area contributed by atoms with E-state index in [-0.39, 0.29) is 13.4 Å². The number of nitrogens with zero attached hydrogens (tertiary/aromatic N) is 3. The average molecular weight is 962 g/mol. The number of aromatic nitrogens is 2. The zero-order valence-corrected chi connectivity index (χ0v) is 43.9. The van der Waals surface area contributed by atoms with Crippen LogP contribution in [-0.2, 0) is 0 Å². The second-order valence-electron chi connectivity index (χ2n) is 22.8. The molecule has 0 spiro atoms. The summed E-state index contributed by atoms with van der Waals surface area (Å²) in [6.45, 7) is 19.9. The van der Waals surface area contributed by atoms with Crippen molar-refractivity contribution >= 4 is 107 Å². The van der Waals surface area contributed by atoms with Gasteiger partial charge in [-0.3, -0.25) is 0 Å². The fourth-order valence-corrected chi connectivity index (χ4v) is 14.4. The van der Waals surface area contributed by atoms with Crippen LogP contribution >= 0.6 is 0 Å². The van der Waals surface area contributed by atoms with E-state index in [9.17, 15) is 0 Å². The number of aryl methyl sites for hydroxylation is 9. The molecule has 75 heavy (non-hydrogen) atoms. The number of ether oxygens (including phenoxy) is 1. The lowest BCUT2D eigenvalue weighted by atomic mass is 9.31. The van der Waals surface area contributed by atoms with Gasteiger partial charge in [0.25, 0.3) is 13.4 Å². The van der Waals surface area contributed by atoms with Gasteiger partial charge in [0.2, 0.25) is 0 Å². The zero-order valence-electron chi connectivity index (χ0n) is 43.9. The molecule has 2 aromatic heterocycles. The fraction of sp³-hybridized carbons (Fsp3) is 0.130. The van der Waals surface area contributed by atoms with Crippen molar-refractivity contribution in [3.8, 4) is 45.1 Å². The van der Waals surface area contributed by atoms with Crippen molar-refractivity contribution in [2.24, 2.45) is 0 Å². The Balaban J connectivity index is 1.05. The van der Waals surface area contributed by atoms with Gasteiger partial charge in [-0.15, -0.1) is 0 Å². The first-order chi connectivity index (χ1) is 36.3. The molecule has 0 fully saturated rings. The first-order valence-electron chi connectivity index (χ1n) is 26.7. The van der Waals surface area contributed by atoms with Gasteiger partial charge >= 0.3 is 0 Å². The Labute approximate surface area is 438 Å². The minimum Gasteiger partial charge on any atom is -0.458 e. The fourth-order valence-electron chi connectivity index (χ4n) is 14.4. The third-order valence-corrected chi connectivity index (χ3v) is 17.5. The summed E-state index contributed by atoms with van der Waals surface area (Å²) in [5.74, 6) is 1.83. The summed E-state index contributed by atoms with van der Waals surface area (Å²) < 4.78 is 12.8.